The smallest absolute Gasteiger partial charge is 0.0199 e. The van der Waals surface area contributed by atoms with Crippen molar-refractivity contribution in [1.82, 2.24) is 0 Å². The average Bonchev–Trinajstić information content (AvgIpc) is 2.75. The standard InChI is InChI=1S/C26H20Br2/c27-23-15-11-21(12-16-23)25(19-7-3-1-4-8-19)26(20-9-5-2-6-10-20)22-13-17-24(28)18-14-22/h1-18,25-26H. The van der Waals surface area contributed by atoms with Crippen molar-refractivity contribution in [3.8, 4) is 0 Å². The molecule has 0 fully saturated rings. The Labute approximate surface area is 183 Å². The van der Waals surface area contributed by atoms with Crippen LogP contribution in [0.4, 0.5) is 0 Å². The van der Waals surface area contributed by atoms with Crippen molar-refractivity contribution in [1.29, 1.82) is 0 Å². The second-order valence-corrected chi connectivity index (χ2v) is 8.71. The van der Waals surface area contributed by atoms with Gasteiger partial charge in [0, 0.05) is 20.8 Å². The van der Waals surface area contributed by atoms with E-state index in [4.69, 9.17) is 0 Å². The van der Waals surface area contributed by atoms with Gasteiger partial charge in [0.2, 0.25) is 0 Å². The molecule has 4 rings (SSSR count). The lowest BCUT2D eigenvalue weighted by molar-refractivity contribution is 0.694. The molecule has 0 bridgehead atoms. The molecule has 0 aliphatic carbocycles. The Morgan fingerprint density at radius 3 is 0.964 bits per heavy atom. The molecule has 0 aliphatic rings. The summed E-state index contributed by atoms with van der Waals surface area (Å²) in [6, 6.07) is 39.1. The average molecular weight is 492 g/mol. The van der Waals surface area contributed by atoms with Crippen molar-refractivity contribution in [3.05, 3.63) is 140 Å². The van der Waals surface area contributed by atoms with Gasteiger partial charge in [-0.05, 0) is 46.5 Å². The van der Waals surface area contributed by atoms with Gasteiger partial charge in [0.25, 0.3) is 0 Å². The van der Waals surface area contributed by atoms with E-state index in [2.05, 4.69) is 141 Å². The Hall–Kier alpha value is -2.16. The van der Waals surface area contributed by atoms with E-state index in [0.717, 1.165) is 8.95 Å². The summed E-state index contributed by atoms with van der Waals surface area (Å²) < 4.78 is 2.20. The molecule has 0 nitrogen and oxygen atoms in total. The van der Waals surface area contributed by atoms with Gasteiger partial charge in [-0.15, -0.1) is 0 Å². The highest BCUT2D eigenvalue weighted by Gasteiger charge is 2.28. The van der Waals surface area contributed by atoms with Crippen LogP contribution in [0.1, 0.15) is 34.1 Å². The van der Waals surface area contributed by atoms with Crippen molar-refractivity contribution in [2.75, 3.05) is 0 Å². The summed E-state index contributed by atoms with van der Waals surface area (Å²) in [6.45, 7) is 0. The molecule has 0 saturated carbocycles. The molecule has 2 heteroatoms. The van der Waals surface area contributed by atoms with Crippen LogP contribution in [0, 0.1) is 0 Å². The second kappa shape index (κ2) is 8.89. The maximum absolute atomic E-state index is 3.58. The lowest BCUT2D eigenvalue weighted by atomic mass is 9.74. The van der Waals surface area contributed by atoms with Crippen LogP contribution >= 0.6 is 31.9 Å². The highest BCUT2D eigenvalue weighted by Crippen LogP contribution is 2.43. The van der Waals surface area contributed by atoms with Crippen LogP contribution in [0.5, 0.6) is 0 Å². The molecule has 138 valence electrons. The molecule has 2 unspecified atom stereocenters. The number of benzene rings is 4. The highest BCUT2D eigenvalue weighted by molar-refractivity contribution is 9.10. The fourth-order valence-corrected chi connectivity index (χ4v) is 4.34. The fourth-order valence-electron chi connectivity index (χ4n) is 3.82. The molecule has 0 spiro atoms. The summed E-state index contributed by atoms with van der Waals surface area (Å²) in [5, 5.41) is 0. The van der Waals surface area contributed by atoms with Crippen LogP contribution in [0.15, 0.2) is 118 Å². The fraction of sp³-hybridized carbons (Fsp3) is 0.0769. The molecule has 4 aromatic carbocycles. The molecular weight excluding hydrogens is 472 g/mol. The highest BCUT2D eigenvalue weighted by atomic mass is 79.9. The zero-order valence-corrected chi connectivity index (χ0v) is 18.5. The quantitative estimate of drug-likeness (QED) is 0.264. The van der Waals surface area contributed by atoms with Gasteiger partial charge in [-0.2, -0.15) is 0 Å². The van der Waals surface area contributed by atoms with Gasteiger partial charge in [0.1, 0.15) is 0 Å². The summed E-state index contributed by atoms with van der Waals surface area (Å²) >= 11 is 7.16. The van der Waals surface area contributed by atoms with Crippen LogP contribution in [-0.2, 0) is 0 Å². The van der Waals surface area contributed by atoms with E-state index in [1.165, 1.54) is 22.3 Å². The molecule has 0 radical (unpaired) electrons. The largest absolute Gasteiger partial charge is 0.0622 e. The van der Waals surface area contributed by atoms with E-state index in [-0.39, 0.29) is 11.8 Å². The minimum Gasteiger partial charge on any atom is -0.0622 e. The molecule has 2 atom stereocenters. The van der Waals surface area contributed by atoms with E-state index in [9.17, 15) is 0 Å². The monoisotopic (exact) mass is 490 g/mol. The summed E-state index contributed by atoms with van der Waals surface area (Å²) in [5.41, 5.74) is 5.26. The van der Waals surface area contributed by atoms with Crippen LogP contribution in [0.25, 0.3) is 0 Å². The zero-order chi connectivity index (χ0) is 19.3. The molecular formula is C26H20Br2. The van der Waals surface area contributed by atoms with E-state index < -0.39 is 0 Å². The van der Waals surface area contributed by atoms with E-state index in [1.807, 2.05) is 0 Å². The Balaban J connectivity index is 1.93. The maximum atomic E-state index is 3.58. The number of hydrogen-bond acceptors (Lipinski definition) is 0. The summed E-state index contributed by atoms with van der Waals surface area (Å²) in [5.74, 6) is 0.441. The molecule has 0 heterocycles. The number of halogens is 2. The van der Waals surface area contributed by atoms with Crippen molar-refractivity contribution in [2.45, 2.75) is 11.8 Å². The first-order valence-corrected chi connectivity index (χ1v) is 10.9. The van der Waals surface area contributed by atoms with Crippen LogP contribution in [0.2, 0.25) is 0 Å². The number of rotatable bonds is 5. The predicted octanol–water partition coefficient (Wildman–Crippen LogP) is 8.18. The van der Waals surface area contributed by atoms with Gasteiger partial charge in [-0.3, -0.25) is 0 Å². The minimum atomic E-state index is 0.220. The zero-order valence-electron chi connectivity index (χ0n) is 15.3. The maximum Gasteiger partial charge on any atom is 0.0199 e. The van der Waals surface area contributed by atoms with Crippen molar-refractivity contribution in [2.24, 2.45) is 0 Å². The van der Waals surface area contributed by atoms with Crippen LogP contribution in [0.3, 0.4) is 0 Å². The van der Waals surface area contributed by atoms with Crippen molar-refractivity contribution in [3.63, 3.8) is 0 Å². The Morgan fingerprint density at radius 2 is 0.643 bits per heavy atom. The number of hydrogen-bond donors (Lipinski definition) is 0. The van der Waals surface area contributed by atoms with Gasteiger partial charge in [-0.25, -0.2) is 0 Å². The molecule has 28 heavy (non-hydrogen) atoms. The minimum absolute atomic E-state index is 0.220. The first-order chi connectivity index (χ1) is 13.7. The van der Waals surface area contributed by atoms with Gasteiger partial charge in [0.05, 0.1) is 0 Å². The van der Waals surface area contributed by atoms with Crippen molar-refractivity contribution < 1.29 is 0 Å². The van der Waals surface area contributed by atoms with Gasteiger partial charge >= 0.3 is 0 Å². The van der Waals surface area contributed by atoms with Crippen molar-refractivity contribution >= 4 is 31.9 Å². The normalized spacial score (nSPS) is 13.1. The first kappa shape index (κ1) is 19.2. The van der Waals surface area contributed by atoms with E-state index in [0.29, 0.717) is 0 Å². The lowest BCUT2D eigenvalue weighted by Crippen LogP contribution is -2.14. The van der Waals surface area contributed by atoms with Crippen LogP contribution < -0.4 is 0 Å². The molecule has 0 amide bonds. The molecule has 0 aromatic heterocycles. The van der Waals surface area contributed by atoms with Crippen LogP contribution in [-0.4, -0.2) is 0 Å². The van der Waals surface area contributed by atoms with E-state index in [1.54, 1.807) is 0 Å². The second-order valence-electron chi connectivity index (χ2n) is 6.88. The molecule has 0 aliphatic heterocycles. The molecule has 4 aromatic rings. The van der Waals surface area contributed by atoms with E-state index >= 15 is 0 Å². The first-order valence-electron chi connectivity index (χ1n) is 9.33. The summed E-state index contributed by atoms with van der Waals surface area (Å²) in [7, 11) is 0. The Bertz CT molecular complexity index is 920. The SMILES string of the molecule is Brc1ccc(C(c2ccccc2)C(c2ccccc2)c2ccc(Br)cc2)cc1. The third-order valence-corrected chi connectivity index (χ3v) is 6.17. The predicted molar refractivity (Wildman–Crippen MR) is 125 cm³/mol. The molecule has 0 saturated heterocycles. The lowest BCUT2D eigenvalue weighted by Gasteiger charge is -2.29. The molecule has 0 N–H and O–H groups in total. The van der Waals surface area contributed by atoms with Gasteiger partial charge < -0.3 is 0 Å². The third-order valence-electron chi connectivity index (χ3n) is 5.11. The summed E-state index contributed by atoms with van der Waals surface area (Å²) in [6.07, 6.45) is 0. The van der Waals surface area contributed by atoms with Gasteiger partial charge in [-0.1, -0.05) is 117 Å². The Kier molecular flexibility index (Phi) is 6.09. The third kappa shape index (κ3) is 4.29. The van der Waals surface area contributed by atoms with Gasteiger partial charge in [0.15, 0.2) is 0 Å². The topological polar surface area (TPSA) is 0 Å². The Morgan fingerprint density at radius 1 is 0.357 bits per heavy atom. The summed E-state index contributed by atoms with van der Waals surface area (Å²) in [4.78, 5) is 0.